The number of imide groups is 2. The summed E-state index contributed by atoms with van der Waals surface area (Å²) >= 11 is 5.56. The molecule has 1 heterocycles. The van der Waals surface area contributed by atoms with Crippen molar-refractivity contribution in [3.8, 4) is 11.5 Å². The topological polar surface area (TPSA) is 84.9 Å². The van der Waals surface area contributed by atoms with Gasteiger partial charge in [0.1, 0.15) is 12.2 Å². The van der Waals surface area contributed by atoms with E-state index in [1.165, 1.54) is 13.2 Å². The largest absolute Gasteiger partial charge is 0.493 e. The summed E-state index contributed by atoms with van der Waals surface area (Å²) in [6, 6.07) is 18.9. The molecule has 1 N–H and O–H groups in total. The van der Waals surface area contributed by atoms with Crippen LogP contribution in [-0.2, 0) is 16.2 Å². The Labute approximate surface area is 218 Å². The zero-order valence-corrected chi connectivity index (χ0v) is 21.6. The molecule has 4 amide bonds. The number of ether oxygens (including phenoxy) is 2. The second-order valence-electron chi connectivity index (χ2n) is 7.26. The number of urea groups is 1. The first-order valence-electron chi connectivity index (χ1n) is 10.1. The van der Waals surface area contributed by atoms with Crippen LogP contribution in [0.5, 0.6) is 11.5 Å². The lowest BCUT2D eigenvalue weighted by atomic mass is 10.1. The predicted octanol–water partition coefficient (Wildman–Crippen LogP) is 5.31. The van der Waals surface area contributed by atoms with Crippen LogP contribution >= 0.6 is 38.5 Å². The van der Waals surface area contributed by atoms with E-state index < -0.39 is 17.8 Å². The highest BCUT2D eigenvalue weighted by Gasteiger charge is 2.36. The second kappa shape index (κ2) is 10.4. The lowest BCUT2D eigenvalue weighted by Crippen LogP contribution is -2.54. The minimum absolute atomic E-state index is 0.169. The Morgan fingerprint density at radius 2 is 1.68 bits per heavy atom. The van der Waals surface area contributed by atoms with E-state index in [2.05, 4.69) is 43.8 Å². The molecule has 1 aliphatic rings. The van der Waals surface area contributed by atoms with Crippen molar-refractivity contribution in [2.24, 2.45) is 0 Å². The average Bonchev–Trinajstić information content (AvgIpc) is 2.83. The van der Waals surface area contributed by atoms with Gasteiger partial charge in [0.2, 0.25) is 0 Å². The molecule has 34 heavy (non-hydrogen) atoms. The van der Waals surface area contributed by atoms with E-state index in [-0.39, 0.29) is 5.57 Å². The highest BCUT2D eigenvalue weighted by molar-refractivity contribution is 14.1. The van der Waals surface area contributed by atoms with Gasteiger partial charge in [-0.3, -0.25) is 14.9 Å². The zero-order valence-electron chi connectivity index (χ0n) is 17.9. The quantitative estimate of drug-likeness (QED) is 0.226. The third-order valence-electron chi connectivity index (χ3n) is 4.99. The van der Waals surface area contributed by atoms with Gasteiger partial charge in [0, 0.05) is 8.04 Å². The maximum atomic E-state index is 13.0. The number of halogens is 2. The van der Waals surface area contributed by atoms with Gasteiger partial charge in [-0.15, -0.1) is 0 Å². The van der Waals surface area contributed by atoms with Crippen molar-refractivity contribution < 1.29 is 23.9 Å². The number of nitrogens with zero attached hydrogens (tertiary/aromatic N) is 1. The highest BCUT2D eigenvalue weighted by Crippen LogP contribution is 2.31. The predicted molar refractivity (Wildman–Crippen MR) is 140 cm³/mol. The summed E-state index contributed by atoms with van der Waals surface area (Å²) < 4.78 is 13.3. The van der Waals surface area contributed by atoms with Crippen LogP contribution in [0.1, 0.15) is 11.1 Å². The zero-order chi connectivity index (χ0) is 24.2. The van der Waals surface area contributed by atoms with Crippen LogP contribution in [0.25, 0.3) is 6.08 Å². The van der Waals surface area contributed by atoms with Gasteiger partial charge in [-0.05, 0) is 88.3 Å². The van der Waals surface area contributed by atoms with Crippen LogP contribution in [0.2, 0.25) is 0 Å². The molecule has 0 atom stereocenters. The molecule has 0 aromatic heterocycles. The molecule has 0 spiro atoms. The SMILES string of the molecule is COc1cc(/C=C2\C(=O)NC(=O)N(c3ccc(Br)cc3)C2=O)ccc1OCc1ccc(I)cc1. The molecule has 0 saturated carbocycles. The summed E-state index contributed by atoms with van der Waals surface area (Å²) in [6.45, 7) is 0.360. The Kier molecular flexibility index (Phi) is 7.32. The van der Waals surface area contributed by atoms with Crippen molar-refractivity contribution in [3.05, 3.63) is 91.5 Å². The molecule has 0 unspecified atom stereocenters. The highest BCUT2D eigenvalue weighted by atomic mass is 127. The van der Waals surface area contributed by atoms with Crippen LogP contribution in [0, 0.1) is 3.57 Å². The van der Waals surface area contributed by atoms with Gasteiger partial charge >= 0.3 is 6.03 Å². The summed E-state index contributed by atoms with van der Waals surface area (Å²) in [5.41, 5.74) is 1.73. The average molecular weight is 633 g/mol. The number of carbonyl (C=O) groups excluding carboxylic acids is 3. The van der Waals surface area contributed by atoms with Crippen molar-refractivity contribution in [3.63, 3.8) is 0 Å². The number of hydrogen-bond donors (Lipinski definition) is 1. The van der Waals surface area contributed by atoms with Crippen molar-refractivity contribution in [1.82, 2.24) is 5.32 Å². The second-order valence-corrected chi connectivity index (χ2v) is 9.42. The first-order chi connectivity index (χ1) is 16.4. The minimum atomic E-state index is -0.800. The maximum absolute atomic E-state index is 13.0. The lowest BCUT2D eigenvalue weighted by Gasteiger charge is -2.26. The lowest BCUT2D eigenvalue weighted by molar-refractivity contribution is -0.122. The third kappa shape index (κ3) is 5.31. The van der Waals surface area contributed by atoms with Gasteiger partial charge in [-0.2, -0.15) is 0 Å². The van der Waals surface area contributed by atoms with Gasteiger partial charge in [0.15, 0.2) is 11.5 Å². The van der Waals surface area contributed by atoms with E-state index in [9.17, 15) is 14.4 Å². The monoisotopic (exact) mass is 632 g/mol. The normalized spacial score (nSPS) is 14.9. The fourth-order valence-corrected chi connectivity index (χ4v) is 3.91. The van der Waals surface area contributed by atoms with Gasteiger partial charge in [-0.25, -0.2) is 9.69 Å². The Bertz CT molecular complexity index is 1290. The molecule has 1 aliphatic heterocycles. The Morgan fingerprint density at radius 3 is 2.35 bits per heavy atom. The van der Waals surface area contributed by atoms with Crippen LogP contribution in [0.4, 0.5) is 10.5 Å². The van der Waals surface area contributed by atoms with Crippen LogP contribution in [0.15, 0.2) is 76.8 Å². The van der Waals surface area contributed by atoms with Gasteiger partial charge in [0.05, 0.1) is 12.8 Å². The summed E-state index contributed by atoms with van der Waals surface area (Å²) in [4.78, 5) is 38.8. The first kappa shape index (κ1) is 24.0. The molecule has 1 saturated heterocycles. The van der Waals surface area contributed by atoms with Crippen molar-refractivity contribution in [2.75, 3.05) is 12.0 Å². The standard InChI is InChI=1S/C25H18BrIN2O5/c1-33-22-13-16(4-11-21(22)34-14-15-2-7-18(27)8-3-15)12-20-23(30)28-25(32)29(24(20)31)19-9-5-17(26)6-10-19/h2-13H,14H2,1H3,(H,28,30,32)/b20-12+. The smallest absolute Gasteiger partial charge is 0.335 e. The minimum Gasteiger partial charge on any atom is -0.493 e. The van der Waals surface area contributed by atoms with E-state index >= 15 is 0 Å². The molecule has 0 bridgehead atoms. The first-order valence-corrected chi connectivity index (χ1v) is 11.9. The molecule has 3 aromatic carbocycles. The Morgan fingerprint density at radius 1 is 0.971 bits per heavy atom. The number of amides is 4. The number of carbonyl (C=O) groups is 3. The molecule has 1 fully saturated rings. The van der Waals surface area contributed by atoms with E-state index in [0.29, 0.717) is 29.4 Å². The van der Waals surface area contributed by atoms with Crippen molar-refractivity contribution in [1.29, 1.82) is 0 Å². The molecule has 3 aromatic rings. The van der Waals surface area contributed by atoms with Crippen LogP contribution in [-0.4, -0.2) is 25.0 Å². The van der Waals surface area contributed by atoms with E-state index in [0.717, 1.165) is 18.5 Å². The Balaban J connectivity index is 1.58. The molecule has 172 valence electrons. The van der Waals surface area contributed by atoms with Gasteiger partial charge in [-0.1, -0.05) is 34.1 Å². The third-order valence-corrected chi connectivity index (χ3v) is 6.24. The van der Waals surface area contributed by atoms with E-state index in [4.69, 9.17) is 9.47 Å². The fourth-order valence-electron chi connectivity index (χ4n) is 3.28. The summed E-state index contributed by atoms with van der Waals surface area (Å²) in [7, 11) is 1.51. The number of anilines is 1. The molecule has 9 heteroatoms. The van der Waals surface area contributed by atoms with Crippen molar-refractivity contribution >= 4 is 68.1 Å². The summed E-state index contributed by atoms with van der Waals surface area (Å²) in [5.74, 6) is -0.505. The van der Waals surface area contributed by atoms with Gasteiger partial charge in [0.25, 0.3) is 11.8 Å². The van der Waals surface area contributed by atoms with Gasteiger partial charge < -0.3 is 9.47 Å². The number of hydrogen-bond acceptors (Lipinski definition) is 5. The number of nitrogens with one attached hydrogen (secondary N) is 1. The number of methoxy groups -OCH3 is 1. The fraction of sp³-hybridized carbons (Fsp3) is 0.0800. The molecule has 0 aliphatic carbocycles. The van der Waals surface area contributed by atoms with E-state index in [1.54, 1.807) is 42.5 Å². The molecular formula is C25H18BrIN2O5. The van der Waals surface area contributed by atoms with E-state index in [1.807, 2.05) is 24.3 Å². The molecule has 0 radical (unpaired) electrons. The summed E-state index contributed by atoms with van der Waals surface area (Å²) in [5, 5.41) is 2.22. The maximum Gasteiger partial charge on any atom is 0.335 e. The molecule has 4 rings (SSSR count). The number of benzene rings is 3. The number of rotatable bonds is 6. The van der Waals surface area contributed by atoms with Crippen molar-refractivity contribution in [2.45, 2.75) is 6.61 Å². The van der Waals surface area contributed by atoms with Crippen LogP contribution in [0.3, 0.4) is 0 Å². The number of barbiturate groups is 1. The Hall–Kier alpha value is -3.18. The van der Waals surface area contributed by atoms with Crippen LogP contribution < -0.4 is 19.7 Å². The molecular weight excluding hydrogens is 615 g/mol. The summed E-state index contributed by atoms with van der Waals surface area (Å²) in [6.07, 6.45) is 1.42. The molecule has 7 nitrogen and oxygen atoms in total.